The van der Waals surface area contributed by atoms with E-state index in [1.54, 1.807) is 24.5 Å². The Labute approximate surface area is 130 Å². The topological polar surface area (TPSA) is 71.5 Å². The van der Waals surface area contributed by atoms with E-state index in [0.717, 1.165) is 5.56 Å². The zero-order valence-corrected chi connectivity index (χ0v) is 12.5. The molecule has 0 aliphatic rings. The van der Waals surface area contributed by atoms with Gasteiger partial charge in [0.2, 0.25) is 0 Å². The Balaban J connectivity index is 1.72. The summed E-state index contributed by atoms with van der Waals surface area (Å²) < 4.78 is 5.62. The molecular weight excluding hydrogens is 280 g/mol. The molecule has 0 unspecified atom stereocenters. The molecule has 5 nitrogen and oxygen atoms in total. The van der Waals surface area contributed by atoms with Crippen molar-refractivity contribution in [2.45, 2.75) is 19.1 Å². The average Bonchev–Trinajstić information content (AvgIpc) is 2.59. The highest BCUT2D eigenvalue weighted by Crippen LogP contribution is 2.15. The van der Waals surface area contributed by atoms with E-state index in [2.05, 4.69) is 10.3 Å². The van der Waals surface area contributed by atoms with Crippen LogP contribution < -0.4 is 5.32 Å². The second-order valence-electron chi connectivity index (χ2n) is 4.99. The first kappa shape index (κ1) is 16.1. The number of benzene rings is 1. The van der Waals surface area contributed by atoms with E-state index in [9.17, 15) is 9.90 Å². The highest BCUT2D eigenvalue weighted by Gasteiger charge is 2.11. The minimum Gasteiger partial charge on any atom is -0.389 e. The molecule has 2 rings (SSSR count). The lowest BCUT2D eigenvalue weighted by Crippen LogP contribution is -2.34. The molecular formula is C17H20N2O3. The van der Waals surface area contributed by atoms with Crippen molar-refractivity contribution in [3.05, 3.63) is 66.0 Å². The second kappa shape index (κ2) is 8.26. The Morgan fingerprint density at radius 2 is 1.91 bits per heavy atom. The number of carbonyl (C=O) groups is 1. The Morgan fingerprint density at radius 1 is 1.23 bits per heavy atom. The maximum Gasteiger partial charge on any atom is 0.251 e. The number of rotatable bonds is 7. The summed E-state index contributed by atoms with van der Waals surface area (Å²) >= 11 is 0. The summed E-state index contributed by atoms with van der Waals surface area (Å²) in [6.45, 7) is 2.23. The molecule has 2 N–H and O–H groups in total. The Morgan fingerprint density at radius 3 is 2.59 bits per heavy atom. The number of hydrogen-bond donors (Lipinski definition) is 2. The zero-order chi connectivity index (χ0) is 15.8. The van der Waals surface area contributed by atoms with Crippen molar-refractivity contribution >= 4 is 5.91 Å². The van der Waals surface area contributed by atoms with Crippen LogP contribution in [0.25, 0.3) is 0 Å². The second-order valence-corrected chi connectivity index (χ2v) is 4.99. The highest BCUT2D eigenvalue weighted by molar-refractivity contribution is 5.93. The quantitative estimate of drug-likeness (QED) is 0.820. The number of amides is 1. The molecule has 0 bridgehead atoms. The first-order valence-electron chi connectivity index (χ1n) is 7.19. The van der Waals surface area contributed by atoms with E-state index in [1.165, 1.54) is 0 Å². The molecule has 116 valence electrons. The summed E-state index contributed by atoms with van der Waals surface area (Å²) in [5.74, 6) is -0.238. The summed E-state index contributed by atoms with van der Waals surface area (Å²) in [5, 5.41) is 12.6. The summed E-state index contributed by atoms with van der Waals surface area (Å²) in [7, 11) is 0. The van der Waals surface area contributed by atoms with Gasteiger partial charge < -0.3 is 15.2 Å². The van der Waals surface area contributed by atoms with Crippen LogP contribution in [-0.2, 0) is 4.74 Å². The number of carbonyl (C=O) groups excluding carboxylic acids is 1. The monoisotopic (exact) mass is 300 g/mol. The number of ether oxygens (including phenoxy) is 1. The number of nitrogens with one attached hydrogen (secondary N) is 1. The summed E-state index contributed by atoms with van der Waals surface area (Å²) in [5.41, 5.74) is 1.57. The summed E-state index contributed by atoms with van der Waals surface area (Å²) in [4.78, 5) is 15.7. The largest absolute Gasteiger partial charge is 0.389 e. The molecule has 1 heterocycles. The number of pyridine rings is 1. The third kappa shape index (κ3) is 4.95. The SMILES string of the molecule is C[C@H](OC[C@H](O)CNC(=O)c1ccncc1)c1ccccc1. The molecule has 2 aromatic rings. The van der Waals surface area contributed by atoms with Gasteiger partial charge in [0.05, 0.1) is 18.8 Å². The van der Waals surface area contributed by atoms with Gasteiger partial charge in [0, 0.05) is 24.5 Å². The van der Waals surface area contributed by atoms with E-state index in [1.807, 2.05) is 37.3 Å². The normalized spacial score (nSPS) is 13.4. The summed E-state index contributed by atoms with van der Waals surface area (Å²) in [6, 6.07) is 13.0. The van der Waals surface area contributed by atoms with E-state index in [0.29, 0.717) is 5.56 Å². The van der Waals surface area contributed by atoms with Gasteiger partial charge in [-0.25, -0.2) is 0 Å². The number of hydrogen-bond acceptors (Lipinski definition) is 4. The van der Waals surface area contributed by atoms with Gasteiger partial charge in [0.25, 0.3) is 5.91 Å². The highest BCUT2D eigenvalue weighted by atomic mass is 16.5. The smallest absolute Gasteiger partial charge is 0.251 e. The predicted molar refractivity (Wildman–Crippen MR) is 83.4 cm³/mol. The van der Waals surface area contributed by atoms with Crippen molar-refractivity contribution in [1.29, 1.82) is 0 Å². The first-order valence-corrected chi connectivity index (χ1v) is 7.19. The lowest BCUT2D eigenvalue weighted by Gasteiger charge is -2.17. The van der Waals surface area contributed by atoms with Gasteiger partial charge in [0.1, 0.15) is 0 Å². The summed E-state index contributed by atoms with van der Waals surface area (Å²) in [6.07, 6.45) is 2.25. The maximum atomic E-state index is 11.8. The minimum atomic E-state index is -0.753. The van der Waals surface area contributed by atoms with Crippen molar-refractivity contribution in [3.63, 3.8) is 0 Å². The Kier molecular flexibility index (Phi) is 6.06. The average molecular weight is 300 g/mol. The molecule has 1 aromatic carbocycles. The number of aliphatic hydroxyl groups is 1. The molecule has 0 spiro atoms. The van der Waals surface area contributed by atoms with Crippen LogP contribution in [-0.4, -0.2) is 35.3 Å². The zero-order valence-electron chi connectivity index (χ0n) is 12.5. The van der Waals surface area contributed by atoms with Crippen LogP contribution in [0.5, 0.6) is 0 Å². The van der Waals surface area contributed by atoms with Crippen molar-refractivity contribution < 1.29 is 14.6 Å². The lowest BCUT2D eigenvalue weighted by atomic mass is 10.1. The Bertz CT molecular complexity index is 575. The first-order chi connectivity index (χ1) is 10.7. The number of aliphatic hydroxyl groups excluding tert-OH is 1. The Hall–Kier alpha value is -2.24. The standard InChI is InChI=1S/C17H20N2O3/c1-13(14-5-3-2-4-6-14)22-12-16(20)11-19-17(21)15-7-9-18-10-8-15/h2-10,13,16,20H,11-12H2,1H3,(H,19,21)/t13-,16+/m0/s1. The van der Waals surface area contributed by atoms with Crippen LogP contribution >= 0.6 is 0 Å². The molecule has 0 saturated heterocycles. The van der Waals surface area contributed by atoms with Gasteiger partial charge in [-0.05, 0) is 24.6 Å². The van der Waals surface area contributed by atoms with Crippen molar-refractivity contribution in [2.24, 2.45) is 0 Å². The number of nitrogens with zero attached hydrogens (tertiary/aromatic N) is 1. The van der Waals surface area contributed by atoms with Crippen molar-refractivity contribution in [1.82, 2.24) is 10.3 Å². The third-order valence-electron chi connectivity index (χ3n) is 3.25. The van der Waals surface area contributed by atoms with E-state index in [4.69, 9.17) is 4.74 Å². The molecule has 0 fully saturated rings. The van der Waals surface area contributed by atoms with Gasteiger partial charge in [0.15, 0.2) is 0 Å². The van der Waals surface area contributed by atoms with Gasteiger partial charge in [-0.1, -0.05) is 30.3 Å². The molecule has 5 heteroatoms. The molecule has 0 radical (unpaired) electrons. The molecule has 1 amide bonds. The molecule has 0 aliphatic heterocycles. The van der Waals surface area contributed by atoms with E-state index in [-0.39, 0.29) is 25.2 Å². The lowest BCUT2D eigenvalue weighted by molar-refractivity contribution is -0.00171. The van der Waals surface area contributed by atoms with Crippen LogP contribution in [0.2, 0.25) is 0 Å². The van der Waals surface area contributed by atoms with Gasteiger partial charge in [-0.3, -0.25) is 9.78 Å². The van der Waals surface area contributed by atoms with Crippen molar-refractivity contribution in [3.8, 4) is 0 Å². The van der Waals surface area contributed by atoms with Crippen LogP contribution in [0.4, 0.5) is 0 Å². The fourth-order valence-electron chi connectivity index (χ4n) is 1.95. The van der Waals surface area contributed by atoms with Crippen LogP contribution in [0, 0.1) is 0 Å². The van der Waals surface area contributed by atoms with E-state index >= 15 is 0 Å². The molecule has 1 aromatic heterocycles. The molecule has 0 saturated carbocycles. The van der Waals surface area contributed by atoms with Gasteiger partial charge in [-0.2, -0.15) is 0 Å². The van der Waals surface area contributed by atoms with Crippen LogP contribution in [0.15, 0.2) is 54.9 Å². The van der Waals surface area contributed by atoms with E-state index < -0.39 is 6.10 Å². The fraction of sp³-hybridized carbons (Fsp3) is 0.294. The number of aromatic nitrogens is 1. The maximum absolute atomic E-state index is 11.8. The molecule has 2 atom stereocenters. The van der Waals surface area contributed by atoms with Crippen LogP contribution in [0.3, 0.4) is 0 Å². The van der Waals surface area contributed by atoms with Crippen LogP contribution in [0.1, 0.15) is 28.9 Å². The van der Waals surface area contributed by atoms with Gasteiger partial charge in [-0.15, -0.1) is 0 Å². The van der Waals surface area contributed by atoms with Gasteiger partial charge >= 0.3 is 0 Å². The predicted octanol–water partition coefficient (Wildman–Crippen LogP) is 1.95. The van der Waals surface area contributed by atoms with Crippen molar-refractivity contribution in [2.75, 3.05) is 13.2 Å². The molecule has 0 aliphatic carbocycles. The minimum absolute atomic E-state index is 0.105. The molecule has 22 heavy (non-hydrogen) atoms. The fourth-order valence-corrected chi connectivity index (χ4v) is 1.95. The third-order valence-corrected chi connectivity index (χ3v) is 3.25.